The Bertz CT molecular complexity index is 771. The van der Waals surface area contributed by atoms with Crippen molar-refractivity contribution in [2.45, 2.75) is 32.9 Å². The van der Waals surface area contributed by atoms with Gasteiger partial charge in [0.2, 0.25) is 0 Å². The fourth-order valence-electron chi connectivity index (χ4n) is 3.81. The normalized spacial score (nSPS) is 17.9. The molecule has 1 heterocycles. The molecule has 1 N–H and O–H groups in total. The zero-order valence-electron chi connectivity index (χ0n) is 16.0. The molecule has 1 atom stereocenters. The Morgan fingerprint density at radius 2 is 1.78 bits per heavy atom. The van der Waals surface area contributed by atoms with Crippen LogP contribution in [0.5, 0.6) is 0 Å². The van der Waals surface area contributed by atoms with Crippen LogP contribution in [-0.2, 0) is 6.54 Å². The molecule has 0 radical (unpaired) electrons. The van der Waals surface area contributed by atoms with Crippen molar-refractivity contribution in [3.63, 3.8) is 0 Å². The molecule has 0 spiro atoms. The number of amides is 1. The van der Waals surface area contributed by atoms with E-state index < -0.39 is 0 Å². The highest BCUT2D eigenvalue weighted by Crippen LogP contribution is 2.19. The van der Waals surface area contributed by atoms with Gasteiger partial charge in [-0.3, -0.25) is 9.69 Å². The monoisotopic (exact) mass is 370 g/mol. The van der Waals surface area contributed by atoms with E-state index in [0.717, 1.165) is 28.8 Å². The molecule has 1 aliphatic heterocycles. The lowest BCUT2D eigenvalue weighted by molar-refractivity contribution is 0.0395. The first-order valence-electron chi connectivity index (χ1n) is 9.43. The maximum absolute atomic E-state index is 13.1. The van der Waals surface area contributed by atoms with Gasteiger partial charge in [-0.2, -0.15) is 0 Å². The van der Waals surface area contributed by atoms with Crippen molar-refractivity contribution in [1.29, 1.82) is 0 Å². The molecule has 0 aliphatic carbocycles. The van der Waals surface area contributed by atoms with Crippen molar-refractivity contribution in [2.75, 3.05) is 26.2 Å². The van der Waals surface area contributed by atoms with Gasteiger partial charge in [0.15, 0.2) is 0 Å². The second-order valence-electron chi connectivity index (χ2n) is 7.39. The molecule has 2 aromatic rings. The summed E-state index contributed by atoms with van der Waals surface area (Å²) >= 11 is 0. The summed E-state index contributed by atoms with van der Waals surface area (Å²) in [6, 6.07) is 12.5. The minimum Gasteiger partial charge on any atom is -0.396 e. The molecule has 0 unspecified atom stereocenters. The van der Waals surface area contributed by atoms with Gasteiger partial charge in [0, 0.05) is 44.4 Å². The molecule has 1 saturated heterocycles. The van der Waals surface area contributed by atoms with Crippen LogP contribution in [0.4, 0.5) is 4.39 Å². The summed E-state index contributed by atoms with van der Waals surface area (Å²) in [4.78, 5) is 17.1. The van der Waals surface area contributed by atoms with Crippen LogP contribution in [0.15, 0.2) is 42.5 Å². The Morgan fingerprint density at radius 3 is 2.41 bits per heavy atom. The van der Waals surface area contributed by atoms with Crippen LogP contribution in [0.1, 0.15) is 33.5 Å². The molecule has 1 fully saturated rings. The van der Waals surface area contributed by atoms with Gasteiger partial charge < -0.3 is 10.0 Å². The molecule has 0 bridgehead atoms. The van der Waals surface area contributed by atoms with E-state index in [-0.39, 0.29) is 24.4 Å². The molecule has 2 aromatic carbocycles. The first kappa shape index (κ1) is 19.5. The number of aliphatic hydroxyl groups is 1. The smallest absolute Gasteiger partial charge is 0.253 e. The lowest BCUT2D eigenvalue weighted by Crippen LogP contribution is -2.54. The van der Waals surface area contributed by atoms with Gasteiger partial charge in [-0.05, 0) is 50.1 Å². The molecule has 3 rings (SSSR count). The fourth-order valence-corrected chi connectivity index (χ4v) is 3.81. The Kier molecular flexibility index (Phi) is 6.24. The Labute approximate surface area is 160 Å². The zero-order valence-corrected chi connectivity index (χ0v) is 16.0. The fraction of sp³-hybridized carbons (Fsp3) is 0.409. The van der Waals surface area contributed by atoms with Crippen LogP contribution in [-0.4, -0.2) is 53.1 Å². The highest BCUT2D eigenvalue weighted by atomic mass is 19.1. The number of halogens is 1. The van der Waals surface area contributed by atoms with E-state index in [9.17, 15) is 14.3 Å². The third kappa shape index (κ3) is 4.93. The van der Waals surface area contributed by atoms with Crippen LogP contribution in [0.3, 0.4) is 0 Å². The number of piperazine rings is 1. The number of hydrogen-bond donors (Lipinski definition) is 1. The summed E-state index contributed by atoms with van der Waals surface area (Å²) in [6.45, 7) is 6.74. The third-order valence-electron chi connectivity index (χ3n) is 5.12. The van der Waals surface area contributed by atoms with Crippen molar-refractivity contribution in [3.8, 4) is 0 Å². The van der Waals surface area contributed by atoms with Gasteiger partial charge in [0.1, 0.15) is 5.82 Å². The first-order valence-corrected chi connectivity index (χ1v) is 9.43. The topological polar surface area (TPSA) is 43.8 Å². The molecular weight excluding hydrogens is 343 g/mol. The maximum Gasteiger partial charge on any atom is 0.253 e. The molecule has 5 heteroatoms. The predicted molar refractivity (Wildman–Crippen MR) is 104 cm³/mol. The highest BCUT2D eigenvalue weighted by molar-refractivity contribution is 5.94. The summed E-state index contributed by atoms with van der Waals surface area (Å²) in [5.41, 5.74) is 3.93. The zero-order chi connectivity index (χ0) is 19.4. The molecule has 27 heavy (non-hydrogen) atoms. The van der Waals surface area contributed by atoms with Gasteiger partial charge in [0.05, 0.1) is 0 Å². The molecule has 1 amide bonds. The molecule has 144 valence electrons. The number of carbonyl (C=O) groups is 1. The van der Waals surface area contributed by atoms with Crippen LogP contribution in [0, 0.1) is 19.7 Å². The number of hydrogen-bond acceptors (Lipinski definition) is 3. The lowest BCUT2D eigenvalue weighted by atomic mass is 10.0. The molecular formula is C22H27FN2O2. The average Bonchev–Trinajstić information content (AvgIpc) is 2.64. The minimum absolute atomic E-state index is 0.0474. The van der Waals surface area contributed by atoms with Crippen molar-refractivity contribution >= 4 is 5.91 Å². The molecule has 0 aromatic heterocycles. The number of aliphatic hydroxyl groups excluding tert-OH is 1. The summed E-state index contributed by atoms with van der Waals surface area (Å²) in [5.74, 6) is -0.194. The number of aryl methyl sites for hydroxylation is 2. The SMILES string of the molecule is Cc1cc(C)cc(C(=O)N2CCN(Cc3ccc(F)cc3)[C@@H](CCO)C2)c1. The standard InChI is InChI=1S/C22H27FN2O2/c1-16-11-17(2)13-19(12-16)22(27)25-9-8-24(21(15-25)7-10-26)14-18-3-5-20(23)6-4-18/h3-6,11-13,21,26H,7-10,14-15H2,1-2H3/t21-/m0/s1. The summed E-state index contributed by atoms with van der Waals surface area (Å²) < 4.78 is 13.1. The largest absolute Gasteiger partial charge is 0.396 e. The maximum atomic E-state index is 13.1. The van der Waals surface area contributed by atoms with Crippen molar-refractivity contribution in [1.82, 2.24) is 9.80 Å². The van der Waals surface area contributed by atoms with E-state index >= 15 is 0 Å². The minimum atomic E-state index is -0.241. The number of rotatable bonds is 5. The van der Waals surface area contributed by atoms with Gasteiger partial charge in [-0.15, -0.1) is 0 Å². The Balaban J connectivity index is 1.71. The Morgan fingerprint density at radius 1 is 1.11 bits per heavy atom. The average molecular weight is 370 g/mol. The molecule has 1 aliphatic rings. The second kappa shape index (κ2) is 8.63. The van der Waals surface area contributed by atoms with E-state index in [0.29, 0.717) is 26.1 Å². The van der Waals surface area contributed by atoms with Crippen molar-refractivity contribution < 1.29 is 14.3 Å². The lowest BCUT2D eigenvalue weighted by Gasteiger charge is -2.41. The predicted octanol–water partition coefficient (Wildman–Crippen LogP) is 3.15. The van der Waals surface area contributed by atoms with Gasteiger partial charge in [-0.25, -0.2) is 4.39 Å². The van der Waals surface area contributed by atoms with Gasteiger partial charge >= 0.3 is 0 Å². The quantitative estimate of drug-likeness (QED) is 0.879. The van der Waals surface area contributed by atoms with E-state index in [1.807, 2.05) is 30.9 Å². The van der Waals surface area contributed by atoms with E-state index in [2.05, 4.69) is 11.0 Å². The third-order valence-corrected chi connectivity index (χ3v) is 5.12. The number of carbonyl (C=O) groups excluding carboxylic acids is 1. The van der Waals surface area contributed by atoms with Gasteiger partial charge in [-0.1, -0.05) is 29.3 Å². The summed E-state index contributed by atoms with van der Waals surface area (Å²) in [5, 5.41) is 9.47. The van der Waals surface area contributed by atoms with Crippen LogP contribution < -0.4 is 0 Å². The van der Waals surface area contributed by atoms with E-state index in [1.165, 1.54) is 12.1 Å². The molecule has 4 nitrogen and oxygen atoms in total. The first-order chi connectivity index (χ1) is 13.0. The Hall–Kier alpha value is -2.24. The number of benzene rings is 2. The van der Waals surface area contributed by atoms with Crippen molar-refractivity contribution in [2.24, 2.45) is 0 Å². The van der Waals surface area contributed by atoms with E-state index in [1.54, 1.807) is 12.1 Å². The summed E-state index contributed by atoms with van der Waals surface area (Å²) in [7, 11) is 0. The summed E-state index contributed by atoms with van der Waals surface area (Å²) in [6.07, 6.45) is 0.609. The number of nitrogens with zero attached hydrogens (tertiary/aromatic N) is 2. The molecule has 0 saturated carbocycles. The van der Waals surface area contributed by atoms with Crippen molar-refractivity contribution in [3.05, 3.63) is 70.5 Å². The van der Waals surface area contributed by atoms with Crippen LogP contribution in [0.25, 0.3) is 0 Å². The van der Waals surface area contributed by atoms with E-state index in [4.69, 9.17) is 0 Å². The van der Waals surface area contributed by atoms with Gasteiger partial charge in [0.25, 0.3) is 5.91 Å². The second-order valence-corrected chi connectivity index (χ2v) is 7.39. The van der Waals surface area contributed by atoms with Crippen LogP contribution in [0.2, 0.25) is 0 Å². The van der Waals surface area contributed by atoms with Crippen LogP contribution >= 0.6 is 0 Å². The highest BCUT2D eigenvalue weighted by Gasteiger charge is 2.29.